The number of hydrogen-bond donors (Lipinski definition) is 2. The maximum absolute atomic E-state index is 3.50. The van der Waals surface area contributed by atoms with Gasteiger partial charge in [0.15, 0.2) is 0 Å². The number of rotatable bonds is 2. The highest BCUT2D eigenvalue weighted by Crippen LogP contribution is 2.19. The Labute approximate surface area is 102 Å². The molecule has 0 spiro atoms. The van der Waals surface area contributed by atoms with Gasteiger partial charge in [-0.1, -0.05) is 12.1 Å². The molecule has 0 amide bonds. The average Bonchev–Trinajstić information content (AvgIpc) is 2.30. The molecule has 1 aliphatic rings. The summed E-state index contributed by atoms with van der Waals surface area (Å²) in [7, 11) is 0. The molecule has 2 rings (SSSR count). The number of thioether (sulfide) groups is 1. The fourth-order valence-electron chi connectivity index (χ4n) is 1.73. The normalized spacial score (nSPS) is 20.7. The third-order valence-electron chi connectivity index (χ3n) is 2.56. The highest BCUT2D eigenvalue weighted by molar-refractivity contribution is 7.98. The summed E-state index contributed by atoms with van der Waals surface area (Å²) in [5, 5.41) is 6.90. The van der Waals surface area contributed by atoms with Crippen LogP contribution < -0.4 is 10.6 Å². The number of benzene rings is 1. The van der Waals surface area contributed by atoms with Gasteiger partial charge in [0.2, 0.25) is 0 Å². The summed E-state index contributed by atoms with van der Waals surface area (Å²) in [5.41, 5.74) is 1.38. The lowest BCUT2D eigenvalue weighted by molar-refractivity contribution is 0.430. The maximum Gasteiger partial charge on any atom is 0.0447 e. The van der Waals surface area contributed by atoms with Gasteiger partial charge in [0.05, 0.1) is 0 Å². The molecule has 15 heavy (non-hydrogen) atoms. The van der Waals surface area contributed by atoms with Crippen molar-refractivity contribution in [2.45, 2.75) is 10.9 Å². The van der Waals surface area contributed by atoms with Gasteiger partial charge in [-0.2, -0.15) is 0 Å². The molecule has 4 heteroatoms. The molecule has 0 bridgehead atoms. The molecule has 84 valence electrons. The van der Waals surface area contributed by atoms with E-state index in [4.69, 9.17) is 0 Å². The molecule has 0 aliphatic carbocycles. The number of hydrogen-bond acceptors (Lipinski definition) is 3. The summed E-state index contributed by atoms with van der Waals surface area (Å²) >= 11 is 1.79. The van der Waals surface area contributed by atoms with Gasteiger partial charge in [0.1, 0.15) is 0 Å². The molecule has 0 radical (unpaired) electrons. The van der Waals surface area contributed by atoms with E-state index in [2.05, 4.69) is 41.2 Å². The van der Waals surface area contributed by atoms with E-state index in [0.29, 0.717) is 6.04 Å². The summed E-state index contributed by atoms with van der Waals surface area (Å²) in [4.78, 5) is 1.33. The van der Waals surface area contributed by atoms with E-state index in [1.807, 2.05) is 0 Å². The molecule has 1 fully saturated rings. The zero-order valence-electron chi connectivity index (χ0n) is 8.82. The predicted octanol–water partition coefficient (Wildman–Crippen LogP) is 2.06. The first-order valence-corrected chi connectivity index (χ1v) is 6.20. The molecular weight excluding hydrogens is 228 g/mol. The van der Waals surface area contributed by atoms with Crippen LogP contribution in [0.5, 0.6) is 0 Å². The molecule has 0 saturated carbocycles. The number of halogens is 1. The maximum atomic E-state index is 3.50. The zero-order chi connectivity index (χ0) is 9.80. The first-order chi connectivity index (χ1) is 6.90. The van der Waals surface area contributed by atoms with Crippen LogP contribution in [-0.4, -0.2) is 25.9 Å². The molecule has 1 heterocycles. The zero-order valence-corrected chi connectivity index (χ0v) is 10.5. The Hall–Kier alpha value is -0.220. The second-order valence-corrected chi connectivity index (χ2v) is 4.36. The number of nitrogens with one attached hydrogen (secondary N) is 2. The van der Waals surface area contributed by atoms with Crippen LogP contribution >= 0.6 is 24.2 Å². The third kappa shape index (κ3) is 3.38. The fourth-order valence-corrected chi connectivity index (χ4v) is 2.13. The van der Waals surface area contributed by atoms with Crippen molar-refractivity contribution in [2.24, 2.45) is 0 Å². The van der Waals surface area contributed by atoms with Gasteiger partial charge < -0.3 is 10.6 Å². The highest BCUT2D eigenvalue weighted by atomic mass is 35.5. The predicted molar refractivity (Wildman–Crippen MR) is 69.1 cm³/mol. The first-order valence-electron chi connectivity index (χ1n) is 4.98. The summed E-state index contributed by atoms with van der Waals surface area (Å²) in [6.45, 7) is 3.19. The van der Waals surface area contributed by atoms with Crippen molar-refractivity contribution < 1.29 is 0 Å². The smallest absolute Gasteiger partial charge is 0.0447 e. The van der Waals surface area contributed by atoms with Crippen LogP contribution in [0.4, 0.5) is 0 Å². The second kappa shape index (κ2) is 6.38. The van der Waals surface area contributed by atoms with Crippen LogP contribution in [0.25, 0.3) is 0 Å². The van der Waals surface area contributed by atoms with Gasteiger partial charge in [0.25, 0.3) is 0 Å². The fraction of sp³-hybridized carbons (Fsp3) is 0.455. The van der Waals surface area contributed by atoms with Crippen molar-refractivity contribution in [1.29, 1.82) is 0 Å². The molecule has 1 aromatic rings. The molecule has 2 nitrogen and oxygen atoms in total. The van der Waals surface area contributed by atoms with E-state index < -0.39 is 0 Å². The van der Waals surface area contributed by atoms with Crippen LogP contribution in [0, 0.1) is 0 Å². The minimum absolute atomic E-state index is 0. The Morgan fingerprint density at radius 2 is 1.93 bits per heavy atom. The molecular formula is C11H17ClN2S. The van der Waals surface area contributed by atoms with E-state index >= 15 is 0 Å². The third-order valence-corrected chi connectivity index (χ3v) is 3.30. The van der Waals surface area contributed by atoms with E-state index in [-0.39, 0.29) is 12.4 Å². The quantitative estimate of drug-likeness (QED) is 0.779. The average molecular weight is 245 g/mol. The standard InChI is InChI=1S/C11H16N2S.ClH/c1-14-10-4-2-9(3-5-10)11-8-12-6-7-13-11;/h2-5,11-13H,6-8H2,1H3;1H/t11-;/m1./s1. The lowest BCUT2D eigenvalue weighted by Crippen LogP contribution is -2.42. The van der Waals surface area contributed by atoms with Gasteiger partial charge in [-0.05, 0) is 24.0 Å². The lowest BCUT2D eigenvalue weighted by Gasteiger charge is -2.24. The Bertz CT molecular complexity index is 283. The van der Waals surface area contributed by atoms with Crippen LogP contribution in [0.1, 0.15) is 11.6 Å². The summed E-state index contributed by atoms with van der Waals surface area (Å²) in [6.07, 6.45) is 2.11. The Morgan fingerprint density at radius 3 is 2.47 bits per heavy atom. The van der Waals surface area contributed by atoms with Crippen LogP contribution in [0.15, 0.2) is 29.2 Å². The Kier molecular flexibility index (Phi) is 5.47. The van der Waals surface area contributed by atoms with Crippen molar-refractivity contribution in [3.05, 3.63) is 29.8 Å². The van der Waals surface area contributed by atoms with Gasteiger partial charge in [-0.3, -0.25) is 0 Å². The van der Waals surface area contributed by atoms with Crippen LogP contribution in [-0.2, 0) is 0 Å². The Balaban J connectivity index is 0.00000112. The van der Waals surface area contributed by atoms with Crippen molar-refractivity contribution >= 4 is 24.2 Å². The van der Waals surface area contributed by atoms with Crippen LogP contribution in [0.2, 0.25) is 0 Å². The molecule has 1 aliphatic heterocycles. The lowest BCUT2D eigenvalue weighted by atomic mass is 10.1. The summed E-state index contributed by atoms with van der Waals surface area (Å²) in [5.74, 6) is 0. The van der Waals surface area contributed by atoms with Gasteiger partial charge in [0, 0.05) is 30.6 Å². The minimum Gasteiger partial charge on any atom is -0.314 e. The highest BCUT2D eigenvalue weighted by Gasteiger charge is 2.13. The molecule has 0 aromatic heterocycles. The molecule has 2 N–H and O–H groups in total. The molecule has 1 atom stereocenters. The Morgan fingerprint density at radius 1 is 1.20 bits per heavy atom. The SMILES string of the molecule is CSc1ccc([C@H]2CNCCN2)cc1.Cl. The van der Waals surface area contributed by atoms with E-state index in [1.54, 1.807) is 11.8 Å². The van der Waals surface area contributed by atoms with Gasteiger partial charge in [-0.15, -0.1) is 24.2 Å². The largest absolute Gasteiger partial charge is 0.314 e. The molecule has 0 unspecified atom stereocenters. The van der Waals surface area contributed by atoms with Crippen molar-refractivity contribution in [1.82, 2.24) is 10.6 Å². The second-order valence-electron chi connectivity index (χ2n) is 3.48. The molecule has 1 aromatic carbocycles. The van der Waals surface area contributed by atoms with Crippen molar-refractivity contribution in [3.63, 3.8) is 0 Å². The minimum atomic E-state index is 0. The number of piperazine rings is 1. The first kappa shape index (κ1) is 12.8. The van der Waals surface area contributed by atoms with Crippen molar-refractivity contribution in [3.8, 4) is 0 Å². The summed E-state index contributed by atoms with van der Waals surface area (Å²) in [6, 6.07) is 9.30. The monoisotopic (exact) mass is 244 g/mol. The molecule has 1 saturated heterocycles. The van der Waals surface area contributed by atoms with Gasteiger partial charge >= 0.3 is 0 Å². The summed E-state index contributed by atoms with van der Waals surface area (Å²) < 4.78 is 0. The van der Waals surface area contributed by atoms with E-state index in [0.717, 1.165) is 19.6 Å². The van der Waals surface area contributed by atoms with Crippen LogP contribution in [0.3, 0.4) is 0 Å². The van der Waals surface area contributed by atoms with E-state index in [9.17, 15) is 0 Å². The topological polar surface area (TPSA) is 24.1 Å². The van der Waals surface area contributed by atoms with Gasteiger partial charge in [-0.25, -0.2) is 0 Å². The van der Waals surface area contributed by atoms with E-state index in [1.165, 1.54) is 10.5 Å². The van der Waals surface area contributed by atoms with Crippen molar-refractivity contribution in [2.75, 3.05) is 25.9 Å².